The van der Waals surface area contributed by atoms with Gasteiger partial charge in [-0.1, -0.05) is 12.1 Å². The van der Waals surface area contributed by atoms with Gasteiger partial charge in [0.05, 0.1) is 11.9 Å². The SMILES string of the molecule is CC(=O)c1ccc(NC(=O)CN(c2cccc(C)c2C)S(C)(=O)=O)cc1. The maximum absolute atomic E-state index is 12.4. The molecule has 0 fully saturated rings. The number of aryl methyl sites for hydroxylation is 1. The summed E-state index contributed by atoms with van der Waals surface area (Å²) in [5.41, 5.74) is 3.26. The van der Waals surface area contributed by atoms with E-state index in [0.717, 1.165) is 21.7 Å². The van der Waals surface area contributed by atoms with Gasteiger partial charge in [-0.2, -0.15) is 0 Å². The van der Waals surface area contributed by atoms with Gasteiger partial charge in [-0.3, -0.25) is 13.9 Å². The normalized spacial score (nSPS) is 11.1. The molecule has 0 saturated heterocycles. The fourth-order valence-corrected chi connectivity index (χ4v) is 3.41. The van der Waals surface area contributed by atoms with Crippen molar-refractivity contribution in [3.05, 3.63) is 59.2 Å². The van der Waals surface area contributed by atoms with E-state index in [1.54, 1.807) is 36.4 Å². The maximum Gasteiger partial charge on any atom is 0.245 e. The highest BCUT2D eigenvalue weighted by atomic mass is 32.2. The number of nitrogens with one attached hydrogen (secondary N) is 1. The number of hydrogen-bond donors (Lipinski definition) is 1. The summed E-state index contributed by atoms with van der Waals surface area (Å²) in [6.45, 7) is 4.83. The fraction of sp³-hybridized carbons (Fsp3) is 0.263. The van der Waals surface area contributed by atoms with E-state index in [9.17, 15) is 18.0 Å². The van der Waals surface area contributed by atoms with Crippen molar-refractivity contribution >= 4 is 33.1 Å². The van der Waals surface area contributed by atoms with E-state index >= 15 is 0 Å². The summed E-state index contributed by atoms with van der Waals surface area (Å²) >= 11 is 0. The molecule has 0 unspecified atom stereocenters. The van der Waals surface area contributed by atoms with E-state index in [0.29, 0.717) is 16.9 Å². The molecule has 0 bridgehead atoms. The van der Waals surface area contributed by atoms with Gasteiger partial charge in [-0.05, 0) is 62.2 Å². The van der Waals surface area contributed by atoms with Crippen molar-refractivity contribution in [1.82, 2.24) is 0 Å². The van der Waals surface area contributed by atoms with Crippen LogP contribution in [-0.4, -0.2) is 32.9 Å². The molecule has 7 heteroatoms. The standard InChI is InChI=1S/C19H22N2O4S/c1-13-6-5-7-18(14(13)2)21(26(4,24)25)12-19(23)20-17-10-8-16(9-11-17)15(3)22/h5-11H,12H2,1-4H3,(H,20,23). The zero-order valence-corrected chi connectivity index (χ0v) is 16.1. The molecule has 0 saturated carbocycles. The summed E-state index contributed by atoms with van der Waals surface area (Å²) in [6, 6.07) is 11.8. The monoisotopic (exact) mass is 374 g/mol. The number of carbonyl (C=O) groups excluding carboxylic acids is 2. The van der Waals surface area contributed by atoms with Gasteiger partial charge in [0.1, 0.15) is 6.54 Å². The molecule has 138 valence electrons. The highest BCUT2D eigenvalue weighted by Crippen LogP contribution is 2.25. The lowest BCUT2D eigenvalue weighted by Crippen LogP contribution is -2.38. The molecule has 26 heavy (non-hydrogen) atoms. The van der Waals surface area contributed by atoms with Crippen molar-refractivity contribution in [1.29, 1.82) is 0 Å². The molecule has 0 aromatic heterocycles. The molecule has 1 amide bonds. The first kappa shape index (κ1) is 19.7. The highest BCUT2D eigenvalue weighted by Gasteiger charge is 2.22. The minimum Gasteiger partial charge on any atom is -0.325 e. The van der Waals surface area contributed by atoms with Crippen LogP contribution in [0.15, 0.2) is 42.5 Å². The van der Waals surface area contributed by atoms with Gasteiger partial charge in [-0.15, -0.1) is 0 Å². The molecule has 1 N–H and O–H groups in total. The third-order valence-corrected chi connectivity index (χ3v) is 5.23. The topological polar surface area (TPSA) is 83.6 Å². The summed E-state index contributed by atoms with van der Waals surface area (Å²) in [5, 5.41) is 2.66. The van der Waals surface area contributed by atoms with Crippen molar-refractivity contribution in [2.24, 2.45) is 0 Å². The molecule has 0 heterocycles. The average Bonchev–Trinajstić information content (AvgIpc) is 2.55. The summed E-state index contributed by atoms with van der Waals surface area (Å²) in [4.78, 5) is 23.7. The Hall–Kier alpha value is -2.67. The molecule has 0 atom stereocenters. The second-order valence-corrected chi connectivity index (χ2v) is 8.08. The molecular weight excluding hydrogens is 352 g/mol. The van der Waals surface area contributed by atoms with E-state index in [4.69, 9.17) is 0 Å². The molecule has 0 aliphatic heterocycles. The molecular formula is C19H22N2O4S. The second-order valence-electron chi connectivity index (χ2n) is 6.17. The molecule has 0 spiro atoms. The number of rotatable bonds is 6. The van der Waals surface area contributed by atoms with Crippen molar-refractivity contribution in [3.8, 4) is 0 Å². The van der Waals surface area contributed by atoms with Crippen LogP contribution in [0.2, 0.25) is 0 Å². The molecule has 2 aromatic rings. The van der Waals surface area contributed by atoms with E-state index in [2.05, 4.69) is 5.32 Å². The van der Waals surface area contributed by atoms with Gasteiger partial charge in [-0.25, -0.2) is 8.42 Å². The molecule has 2 aromatic carbocycles. The lowest BCUT2D eigenvalue weighted by Gasteiger charge is -2.24. The smallest absolute Gasteiger partial charge is 0.245 e. The van der Waals surface area contributed by atoms with Gasteiger partial charge in [0, 0.05) is 11.3 Å². The number of ketones is 1. The van der Waals surface area contributed by atoms with Gasteiger partial charge in [0.25, 0.3) is 0 Å². The Balaban J connectivity index is 2.22. The van der Waals surface area contributed by atoms with Crippen LogP contribution in [0.25, 0.3) is 0 Å². The molecule has 0 aliphatic rings. The van der Waals surface area contributed by atoms with E-state index in [1.807, 2.05) is 19.9 Å². The van der Waals surface area contributed by atoms with Crippen molar-refractivity contribution in [3.63, 3.8) is 0 Å². The zero-order chi connectivity index (χ0) is 19.5. The Morgan fingerprint density at radius 1 is 1.04 bits per heavy atom. The number of sulfonamides is 1. The zero-order valence-electron chi connectivity index (χ0n) is 15.2. The molecule has 0 aliphatic carbocycles. The Kier molecular flexibility index (Phi) is 5.82. The van der Waals surface area contributed by atoms with E-state index in [-0.39, 0.29) is 12.3 Å². The van der Waals surface area contributed by atoms with Crippen LogP contribution in [0.4, 0.5) is 11.4 Å². The minimum atomic E-state index is -3.63. The van der Waals surface area contributed by atoms with Gasteiger partial charge in [0.2, 0.25) is 15.9 Å². The van der Waals surface area contributed by atoms with Crippen LogP contribution in [0.5, 0.6) is 0 Å². The lowest BCUT2D eigenvalue weighted by molar-refractivity contribution is -0.114. The Labute approximate surface area is 153 Å². The Morgan fingerprint density at radius 3 is 2.19 bits per heavy atom. The third kappa shape index (κ3) is 4.70. The number of nitrogens with zero attached hydrogens (tertiary/aromatic N) is 1. The summed E-state index contributed by atoms with van der Waals surface area (Å²) in [5.74, 6) is -0.534. The quantitative estimate of drug-likeness (QED) is 0.788. The van der Waals surface area contributed by atoms with Crippen molar-refractivity contribution in [2.75, 3.05) is 22.4 Å². The summed E-state index contributed by atoms with van der Waals surface area (Å²) < 4.78 is 25.5. The van der Waals surface area contributed by atoms with Gasteiger partial charge in [0.15, 0.2) is 5.78 Å². The first-order chi connectivity index (χ1) is 12.1. The number of carbonyl (C=O) groups is 2. The molecule has 2 rings (SSSR count). The lowest BCUT2D eigenvalue weighted by atomic mass is 10.1. The number of benzene rings is 2. The van der Waals surface area contributed by atoms with E-state index < -0.39 is 15.9 Å². The van der Waals surface area contributed by atoms with Crippen LogP contribution in [0.1, 0.15) is 28.4 Å². The third-order valence-electron chi connectivity index (χ3n) is 4.11. The Bertz CT molecular complexity index is 935. The van der Waals surface area contributed by atoms with Crippen LogP contribution in [0, 0.1) is 13.8 Å². The maximum atomic E-state index is 12.4. The second kappa shape index (κ2) is 7.70. The summed E-state index contributed by atoms with van der Waals surface area (Å²) in [7, 11) is -3.63. The van der Waals surface area contributed by atoms with E-state index in [1.165, 1.54) is 6.92 Å². The first-order valence-corrected chi connectivity index (χ1v) is 9.89. The average molecular weight is 374 g/mol. The number of Topliss-reactive ketones (excluding diaryl/α,β-unsaturated/α-hetero) is 1. The van der Waals surface area contributed by atoms with Gasteiger partial charge >= 0.3 is 0 Å². The molecule has 0 radical (unpaired) electrons. The number of hydrogen-bond acceptors (Lipinski definition) is 4. The van der Waals surface area contributed by atoms with Crippen molar-refractivity contribution in [2.45, 2.75) is 20.8 Å². The number of amides is 1. The van der Waals surface area contributed by atoms with Crippen LogP contribution in [-0.2, 0) is 14.8 Å². The number of anilines is 2. The highest BCUT2D eigenvalue weighted by molar-refractivity contribution is 7.92. The first-order valence-electron chi connectivity index (χ1n) is 8.04. The molecule has 6 nitrogen and oxygen atoms in total. The van der Waals surface area contributed by atoms with Crippen LogP contribution in [0.3, 0.4) is 0 Å². The van der Waals surface area contributed by atoms with Gasteiger partial charge < -0.3 is 5.32 Å². The minimum absolute atomic E-state index is 0.0685. The summed E-state index contributed by atoms with van der Waals surface area (Å²) in [6.07, 6.45) is 1.07. The predicted molar refractivity (Wildman–Crippen MR) is 103 cm³/mol. The fourth-order valence-electron chi connectivity index (χ4n) is 2.51. The Morgan fingerprint density at radius 2 is 1.65 bits per heavy atom. The largest absolute Gasteiger partial charge is 0.325 e. The van der Waals surface area contributed by atoms with Crippen LogP contribution < -0.4 is 9.62 Å². The van der Waals surface area contributed by atoms with Crippen molar-refractivity contribution < 1.29 is 18.0 Å². The predicted octanol–water partition coefficient (Wildman–Crippen LogP) is 2.91. The van der Waals surface area contributed by atoms with Crippen LogP contribution >= 0.6 is 0 Å².